The number of esters is 1. The summed E-state index contributed by atoms with van der Waals surface area (Å²) in [7, 11) is 0. The van der Waals surface area contributed by atoms with E-state index in [1.807, 2.05) is 19.1 Å². The second-order valence-electron chi connectivity index (χ2n) is 5.04. The molecule has 1 saturated heterocycles. The zero-order valence-corrected chi connectivity index (χ0v) is 12.2. The van der Waals surface area contributed by atoms with Crippen molar-refractivity contribution in [1.82, 2.24) is 5.32 Å². The van der Waals surface area contributed by atoms with Gasteiger partial charge < -0.3 is 14.8 Å². The first kappa shape index (κ1) is 14.9. The lowest BCUT2D eigenvalue weighted by molar-refractivity contribution is -0.147. The lowest BCUT2D eigenvalue weighted by atomic mass is 9.89. The molecule has 4 nitrogen and oxygen atoms in total. The third-order valence-electron chi connectivity index (χ3n) is 3.58. The predicted molar refractivity (Wildman–Crippen MR) is 78.0 cm³/mol. The van der Waals surface area contributed by atoms with Crippen LogP contribution in [-0.2, 0) is 9.53 Å². The molecule has 1 aromatic carbocycles. The summed E-state index contributed by atoms with van der Waals surface area (Å²) in [5.74, 6) is 0.884. The number of hydrogen-bond acceptors (Lipinski definition) is 4. The highest BCUT2D eigenvalue weighted by Crippen LogP contribution is 2.30. The van der Waals surface area contributed by atoms with Crippen LogP contribution >= 0.6 is 0 Å². The number of carbonyl (C=O) groups is 1. The lowest BCUT2D eigenvalue weighted by Gasteiger charge is -2.17. The molecule has 0 bridgehead atoms. The van der Waals surface area contributed by atoms with Crippen LogP contribution in [0.5, 0.6) is 5.75 Å². The standard InChI is InChI=1S/C16H23NO3/c1-3-9-20-13-7-5-12(6-8-13)14-10-17-11-15(14)16(18)19-4-2/h5-8,14-15,17H,3-4,9-11H2,1-2H3. The van der Waals surface area contributed by atoms with Crippen LogP contribution in [-0.4, -0.2) is 32.3 Å². The normalized spacial score (nSPS) is 21.7. The molecule has 1 aliphatic heterocycles. The van der Waals surface area contributed by atoms with Crippen molar-refractivity contribution in [2.24, 2.45) is 5.92 Å². The molecule has 110 valence electrons. The van der Waals surface area contributed by atoms with Crippen LogP contribution < -0.4 is 10.1 Å². The van der Waals surface area contributed by atoms with Gasteiger partial charge in [0.1, 0.15) is 5.75 Å². The zero-order valence-electron chi connectivity index (χ0n) is 12.2. The summed E-state index contributed by atoms with van der Waals surface area (Å²) >= 11 is 0. The maximum absolute atomic E-state index is 12.0. The Morgan fingerprint density at radius 2 is 2.00 bits per heavy atom. The third kappa shape index (κ3) is 3.51. The molecular formula is C16H23NO3. The molecule has 0 spiro atoms. The minimum absolute atomic E-state index is 0.0858. The number of ether oxygens (including phenoxy) is 2. The van der Waals surface area contributed by atoms with E-state index in [9.17, 15) is 4.79 Å². The Kier molecular flexibility index (Phi) is 5.41. The highest BCUT2D eigenvalue weighted by atomic mass is 16.5. The van der Waals surface area contributed by atoms with Crippen LogP contribution in [0.15, 0.2) is 24.3 Å². The topological polar surface area (TPSA) is 47.6 Å². The molecule has 2 atom stereocenters. The van der Waals surface area contributed by atoms with Crippen LogP contribution in [0.1, 0.15) is 31.7 Å². The molecule has 1 aliphatic rings. The second-order valence-corrected chi connectivity index (χ2v) is 5.04. The van der Waals surface area contributed by atoms with E-state index >= 15 is 0 Å². The number of carbonyl (C=O) groups excluding carboxylic acids is 1. The van der Waals surface area contributed by atoms with Gasteiger partial charge in [-0.05, 0) is 31.0 Å². The molecular weight excluding hydrogens is 254 g/mol. The van der Waals surface area contributed by atoms with Crippen molar-refractivity contribution >= 4 is 5.97 Å². The average molecular weight is 277 g/mol. The van der Waals surface area contributed by atoms with Gasteiger partial charge in [0.2, 0.25) is 0 Å². The van der Waals surface area contributed by atoms with Gasteiger partial charge in [-0.2, -0.15) is 0 Å². The van der Waals surface area contributed by atoms with Crippen molar-refractivity contribution in [1.29, 1.82) is 0 Å². The fraction of sp³-hybridized carbons (Fsp3) is 0.562. The molecule has 0 amide bonds. The molecule has 1 N–H and O–H groups in total. The van der Waals surface area contributed by atoms with Gasteiger partial charge in [0.05, 0.1) is 19.1 Å². The first-order valence-corrected chi connectivity index (χ1v) is 7.36. The number of benzene rings is 1. The average Bonchev–Trinajstić information content (AvgIpc) is 2.95. The molecule has 1 aromatic rings. The Balaban J connectivity index is 2.04. The van der Waals surface area contributed by atoms with Crippen molar-refractivity contribution in [3.63, 3.8) is 0 Å². The van der Waals surface area contributed by atoms with Crippen LogP contribution in [0.2, 0.25) is 0 Å². The van der Waals surface area contributed by atoms with E-state index < -0.39 is 0 Å². The highest BCUT2D eigenvalue weighted by molar-refractivity contribution is 5.74. The van der Waals surface area contributed by atoms with Gasteiger partial charge in [-0.1, -0.05) is 19.1 Å². The third-order valence-corrected chi connectivity index (χ3v) is 3.58. The van der Waals surface area contributed by atoms with E-state index in [0.717, 1.165) is 30.9 Å². The van der Waals surface area contributed by atoms with Gasteiger partial charge in [-0.15, -0.1) is 0 Å². The molecule has 0 aromatic heterocycles. The van der Waals surface area contributed by atoms with E-state index in [-0.39, 0.29) is 17.8 Å². The van der Waals surface area contributed by atoms with Crippen molar-refractivity contribution < 1.29 is 14.3 Å². The van der Waals surface area contributed by atoms with E-state index in [2.05, 4.69) is 24.4 Å². The van der Waals surface area contributed by atoms with Crippen molar-refractivity contribution in [2.75, 3.05) is 26.3 Å². The maximum atomic E-state index is 12.0. The summed E-state index contributed by atoms with van der Waals surface area (Å²) in [4.78, 5) is 12.0. The Hall–Kier alpha value is -1.55. The molecule has 0 radical (unpaired) electrons. The Bertz CT molecular complexity index is 430. The SMILES string of the molecule is CCCOc1ccc(C2CNCC2C(=O)OCC)cc1. The number of nitrogens with one attached hydrogen (secondary N) is 1. The smallest absolute Gasteiger partial charge is 0.310 e. The summed E-state index contributed by atoms with van der Waals surface area (Å²) < 4.78 is 10.7. The molecule has 20 heavy (non-hydrogen) atoms. The van der Waals surface area contributed by atoms with Gasteiger partial charge in [-0.25, -0.2) is 0 Å². The van der Waals surface area contributed by atoms with E-state index in [1.54, 1.807) is 0 Å². The first-order valence-electron chi connectivity index (χ1n) is 7.36. The van der Waals surface area contributed by atoms with Crippen molar-refractivity contribution in [3.8, 4) is 5.75 Å². The fourth-order valence-electron chi connectivity index (χ4n) is 2.56. The Morgan fingerprint density at radius 3 is 2.65 bits per heavy atom. The van der Waals surface area contributed by atoms with Crippen LogP contribution in [0.3, 0.4) is 0 Å². The summed E-state index contributed by atoms with van der Waals surface area (Å²) in [5, 5.41) is 3.28. The highest BCUT2D eigenvalue weighted by Gasteiger charge is 2.34. The molecule has 1 fully saturated rings. The first-order chi connectivity index (χ1) is 9.76. The molecule has 2 rings (SSSR count). The van der Waals surface area contributed by atoms with E-state index in [1.165, 1.54) is 0 Å². The monoisotopic (exact) mass is 277 g/mol. The molecule has 2 unspecified atom stereocenters. The predicted octanol–water partition coefficient (Wildman–Crippen LogP) is 2.34. The minimum Gasteiger partial charge on any atom is -0.494 e. The molecule has 1 heterocycles. The van der Waals surface area contributed by atoms with Gasteiger partial charge in [0.25, 0.3) is 0 Å². The summed E-state index contributed by atoms with van der Waals surface area (Å²) in [5.41, 5.74) is 1.16. The second kappa shape index (κ2) is 7.29. The van der Waals surface area contributed by atoms with Crippen molar-refractivity contribution in [2.45, 2.75) is 26.2 Å². The van der Waals surface area contributed by atoms with Gasteiger partial charge >= 0.3 is 5.97 Å². The quantitative estimate of drug-likeness (QED) is 0.811. The number of rotatable bonds is 6. The van der Waals surface area contributed by atoms with E-state index in [0.29, 0.717) is 13.2 Å². The van der Waals surface area contributed by atoms with Crippen molar-refractivity contribution in [3.05, 3.63) is 29.8 Å². The minimum atomic E-state index is -0.103. The largest absolute Gasteiger partial charge is 0.494 e. The molecule has 0 aliphatic carbocycles. The summed E-state index contributed by atoms with van der Waals surface area (Å²) in [6, 6.07) is 8.06. The number of hydrogen-bond donors (Lipinski definition) is 1. The van der Waals surface area contributed by atoms with Gasteiger partial charge in [0.15, 0.2) is 0 Å². The Labute approximate surface area is 120 Å². The fourth-order valence-corrected chi connectivity index (χ4v) is 2.56. The van der Waals surface area contributed by atoms with Gasteiger partial charge in [-0.3, -0.25) is 4.79 Å². The van der Waals surface area contributed by atoms with Crippen LogP contribution in [0.25, 0.3) is 0 Å². The van der Waals surface area contributed by atoms with Gasteiger partial charge in [0, 0.05) is 19.0 Å². The van der Waals surface area contributed by atoms with Crippen LogP contribution in [0.4, 0.5) is 0 Å². The summed E-state index contributed by atoms with van der Waals surface area (Å²) in [6.07, 6.45) is 0.999. The van der Waals surface area contributed by atoms with Crippen LogP contribution in [0, 0.1) is 5.92 Å². The lowest BCUT2D eigenvalue weighted by Crippen LogP contribution is -2.24. The summed E-state index contributed by atoms with van der Waals surface area (Å²) in [6.45, 7) is 6.61. The zero-order chi connectivity index (χ0) is 14.4. The Morgan fingerprint density at radius 1 is 1.25 bits per heavy atom. The molecule has 0 saturated carbocycles. The maximum Gasteiger partial charge on any atom is 0.310 e. The molecule has 4 heteroatoms. The van der Waals surface area contributed by atoms with E-state index in [4.69, 9.17) is 9.47 Å².